The van der Waals surface area contributed by atoms with Crippen molar-refractivity contribution in [1.29, 1.82) is 0 Å². The van der Waals surface area contributed by atoms with Crippen molar-refractivity contribution in [2.24, 2.45) is 0 Å². The molecule has 9 nitrogen and oxygen atoms in total. The third kappa shape index (κ3) is 3.19. The van der Waals surface area contributed by atoms with Crippen LogP contribution in [0.4, 0.5) is 5.69 Å². The van der Waals surface area contributed by atoms with Crippen molar-refractivity contribution < 1.29 is 14.5 Å². The molecule has 1 saturated heterocycles. The number of nitrogens with zero attached hydrogens (tertiary/aromatic N) is 5. The molecule has 9 heteroatoms. The summed E-state index contributed by atoms with van der Waals surface area (Å²) in [5.41, 5.74) is 3.53. The summed E-state index contributed by atoms with van der Waals surface area (Å²) < 4.78 is 6.56. The maximum atomic E-state index is 14.2. The van der Waals surface area contributed by atoms with E-state index in [1.54, 1.807) is 43.5 Å². The van der Waals surface area contributed by atoms with Crippen LogP contribution in [0.1, 0.15) is 21.8 Å². The molecule has 2 aliphatic rings. The molecule has 4 atom stereocenters. The molecule has 0 saturated carbocycles. The molecule has 3 heterocycles. The third-order valence-corrected chi connectivity index (χ3v) is 6.92. The number of hydrogen-bond acceptors (Lipinski definition) is 7. The fraction of sp³-hybridized carbons (Fsp3) is 0.192. The Morgan fingerprint density at radius 2 is 1.77 bits per heavy atom. The van der Waals surface area contributed by atoms with Gasteiger partial charge in [0, 0.05) is 10.6 Å². The number of aromatic nitrogens is 3. The van der Waals surface area contributed by atoms with Crippen molar-refractivity contribution in [2.75, 3.05) is 12.0 Å². The molecule has 0 unspecified atom stereocenters. The highest BCUT2D eigenvalue weighted by Crippen LogP contribution is 2.46. The summed E-state index contributed by atoms with van der Waals surface area (Å²) in [4.78, 5) is 28.3. The number of carbonyl (C=O) groups is 1. The summed E-state index contributed by atoms with van der Waals surface area (Å²) in [5.74, 6) is -0.455. The van der Waals surface area contributed by atoms with Gasteiger partial charge in [-0.05, 0) is 41.5 Å². The summed E-state index contributed by atoms with van der Waals surface area (Å²) >= 11 is 0. The van der Waals surface area contributed by atoms with Crippen molar-refractivity contribution in [3.63, 3.8) is 0 Å². The summed E-state index contributed by atoms with van der Waals surface area (Å²) in [5, 5.41) is 20.8. The van der Waals surface area contributed by atoms with Gasteiger partial charge in [0.15, 0.2) is 0 Å². The van der Waals surface area contributed by atoms with Crippen LogP contribution in [-0.4, -0.2) is 51.1 Å². The molecule has 1 aromatic heterocycles. The molecule has 6 rings (SSSR count). The number of methoxy groups -OCH3 is 1. The highest BCUT2D eigenvalue weighted by atomic mass is 16.6. The summed E-state index contributed by atoms with van der Waals surface area (Å²) in [7, 11) is 1.56. The second-order valence-corrected chi connectivity index (χ2v) is 8.66. The number of nitro groups is 1. The van der Waals surface area contributed by atoms with E-state index in [9.17, 15) is 14.9 Å². The van der Waals surface area contributed by atoms with Crippen LogP contribution >= 0.6 is 0 Å². The number of hydrogen-bond donors (Lipinski definition) is 0. The second kappa shape index (κ2) is 8.05. The summed E-state index contributed by atoms with van der Waals surface area (Å²) in [6, 6.07) is 19.4. The number of benzene rings is 3. The van der Waals surface area contributed by atoms with Crippen molar-refractivity contribution in [2.45, 2.75) is 24.0 Å². The molecule has 0 N–H and O–H groups in total. The van der Waals surface area contributed by atoms with Crippen LogP contribution < -0.4 is 9.64 Å². The maximum absolute atomic E-state index is 14.2. The number of ether oxygens (including phenoxy) is 1. The summed E-state index contributed by atoms with van der Waals surface area (Å²) in [6.45, 7) is 0. The quantitative estimate of drug-likeness (QED) is 0.332. The van der Waals surface area contributed by atoms with Gasteiger partial charge in [-0.3, -0.25) is 14.9 Å². The highest BCUT2D eigenvalue weighted by molar-refractivity contribution is 5.96. The third-order valence-electron chi connectivity index (χ3n) is 6.92. The van der Waals surface area contributed by atoms with Crippen LogP contribution in [0.2, 0.25) is 0 Å². The Morgan fingerprint density at radius 1 is 1.03 bits per heavy atom. The van der Waals surface area contributed by atoms with E-state index >= 15 is 0 Å². The molecule has 0 spiro atoms. The molecule has 0 aliphatic carbocycles. The van der Waals surface area contributed by atoms with E-state index < -0.39 is 24.0 Å². The first-order valence-electron chi connectivity index (χ1n) is 11.3. The predicted octanol–water partition coefficient (Wildman–Crippen LogP) is 3.79. The zero-order chi connectivity index (χ0) is 24.1. The van der Waals surface area contributed by atoms with E-state index in [0.717, 1.165) is 11.3 Å². The van der Waals surface area contributed by atoms with Gasteiger partial charge >= 0.3 is 0 Å². The van der Waals surface area contributed by atoms with E-state index in [-0.39, 0.29) is 10.8 Å². The van der Waals surface area contributed by atoms with E-state index in [4.69, 9.17) is 4.74 Å². The SMILES string of the molecule is COc1ccc([C@H]2[C@@H]([N+](=O)[O-])[C@H]3C=Cc4ccccc4N3[C@H]2C(=O)n2nnc3ccccc32)cc1. The first-order chi connectivity index (χ1) is 17.1. The average molecular weight is 467 g/mol. The van der Waals surface area contributed by atoms with Crippen LogP contribution in [-0.2, 0) is 0 Å². The van der Waals surface area contributed by atoms with Gasteiger partial charge < -0.3 is 9.64 Å². The van der Waals surface area contributed by atoms with E-state index in [0.29, 0.717) is 22.3 Å². The van der Waals surface area contributed by atoms with Crippen LogP contribution in [0.3, 0.4) is 0 Å². The monoisotopic (exact) mass is 467 g/mol. The van der Waals surface area contributed by atoms with Gasteiger partial charge in [-0.2, -0.15) is 4.68 Å². The van der Waals surface area contributed by atoms with E-state index in [1.165, 1.54) is 4.68 Å². The van der Waals surface area contributed by atoms with Crippen molar-refractivity contribution >= 4 is 28.7 Å². The van der Waals surface area contributed by atoms with Gasteiger partial charge in [0.1, 0.15) is 23.3 Å². The highest BCUT2D eigenvalue weighted by Gasteiger charge is 2.59. The molecule has 1 fully saturated rings. The maximum Gasteiger partial charge on any atom is 0.272 e. The number of para-hydroxylation sites is 2. The molecular weight excluding hydrogens is 446 g/mol. The molecule has 3 aromatic carbocycles. The molecule has 2 aliphatic heterocycles. The van der Waals surface area contributed by atoms with E-state index in [2.05, 4.69) is 10.3 Å². The predicted molar refractivity (Wildman–Crippen MR) is 130 cm³/mol. The Morgan fingerprint density at radius 3 is 2.54 bits per heavy atom. The van der Waals surface area contributed by atoms with Crippen molar-refractivity contribution in [1.82, 2.24) is 15.0 Å². The van der Waals surface area contributed by atoms with Gasteiger partial charge in [-0.15, -0.1) is 5.10 Å². The van der Waals surface area contributed by atoms with Crippen LogP contribution in [0.15, 0.2) is 78.9 Å². The fourth-order valence-corrected chi connectivity index (χ4v) is 5.40. The fourth-order valence-electron chi connectivity index (χ4n) is 5.40. The Labute approximate surface area is 200 Å². The lowest BCUT2D eigenvalue weighted by Crippen LogP contribution is -2.46. The topological polar surface area (TPSA) is 103 Å². The zero-order valence-corrected chi connectivity index (χ0v) is 18.8. The molecular formula is C26H21N5O4. The van der Waals surface area contributed by atoms with Crippen LogP contribution in [0, 0.1) is 10.1 Å². The van der Waals surface area contributed by atoms with Gasteiger partial charge in [0.25, 0.3) is 5.91 Å². The summed E-state index contributed by atoms with van der Waals surface area (Å²) in [6.07, 6.45) is 3.73. The lowest BCUT2D eigenvalue weighted by molar-refractivity contribution is -0.524. The Kier molecular flexibility index (Phi) is 4.84. The molecule has 0 bridgehead atoms. The number of rotatable bonds is 4. The van der Waals surface area contributed by atoms with Gasteiger partial charge in [0.2, 0.25) is 6.04 Å². The minimum Gasteiger partial charge on any atom is -0.497 e. The molecule has 35 heavy (non-hydrogen) atoms. The van der Waals surface area contributed by atoms with Gasteiger partial charge in [-0.25, -0.2) is 0 Å². The zero-order valence-electron chi connectivity index (χ0n) is 18.8. The van der Waals surface area contributed by atoms with Crippen molar-refractivity contribution in [3.05, 3.63) is 100 Å². The lowest BCUT2D eigenvalue weighted by atomic mass is 9.86. The molecule has 0 amide bonds. The minimum absolute atomic E-state index is 0.266. The Hall–Kier alpha value is -4.53. The van der Waals surface area contributed by atoms with Gasteiger partial charge in [-0.1, -0.05) is 59.8 Å². The minimum atomic E-state index is -1.04. The van der Waals surface area contributed by atoms with Gasteiger partial charge in [0.05, 0.1) is 18.5 Å². The first-order valence-corrected chi connectivity index (χ1v) is 11.3. The van der Waals surface area contributed by atoms with Crippen molar-refractivity contribution in [3.8, 4) is 5.75 Å². The van der Waals surface area contributed by atoms with Crippen LogP contribution in [0.5, 0.6) is 5.75 Å². The normalized spacial score (nSPS) is 22.6. The Bertz CT molecular complexity index is 1480. The average Bonchev–Trinajstić information content (AvgIpc) is 3.48. The Balaban J connectivity index is 1.57. The standard InChI is InChI=1S/C26H21N5O4/c1-35-18-13-10-17(11-14-18)23-24(31(33)34)22-15-12-16-6-2-4-8-20(16)29(22)25(23)26(32)30-21-9-5-3-7-19(21)27-28-30/h2-15,22-25H,1H3/t22-,23+,24+,25-/m1/s1. The lowest BCUT2D eigenvalue weighted by Gasteiger charge is -2.33. The van der Waals surface area contributed by atoms with Crippen LogP contribution in [0.25, 0.3) is 17.1 Å². The van der Waals surface area contributed by atoms with E-state index in [1.807, 2.05) is 53.5 Å². The number of fused-ring (bicyclic) bond motifs is 4. The molecule has 174 valence electrons. The number of carbonyl (C=O) groups excluding carboxylic acids is 1. The molecule has 0 radical (unpaired) electrons. The molecule has 4 aromatic rings. The smallest absolute Gasteiger partial charge is 0.272 e. The largest absolute Gasteiger partial charge is 0.497 e. The second-order valence-electron chi connectivity index (χ2n) is 8.66. The number of anilines is 1. The first kappa shape index (κ1) is 21.0.